The van der Waals surface area contributed by atoms with Gasteiger partial charge in [0.15, 0.2) is 0 Å². The summed E-state index contributed by atoms with van der Waals surface area (Å²) in [5.74, 6) is 0. The molecular weight excluding hydrogens is 272 g/mol. The summed E-state index contributed by atoms with van der Waals surface area (Å²) >= 11 is 0. The zero-order chi connectivity index (χ0) is 14.4. The lowest BCUT2D eigenvalue weighted by molar-refractivity contribution is 0.460. The van der Waals surface area contributed by atoms with Crippen LogP contribution in [0.1, 0.15) is 64.2 Å². The maximum atomic E-state index is 6.18. The molecule has 0 spiro atoms. The van der Waals surface area contributed by atoms with Gasteiger partial charge in [-0.3, -0.25) is 0 Å². The molecule has 2 heteroatoms. The molecule has 2 aliphatic rings. The smallest absolute Gasteiger partial charge is 0.142 e. The van der Waals surface area contributed by atoms with Gasteiger partial charge in [-0.2, -0.15) is 0 Å². The van der Waals surface area contributed by atoms with Crippen molar-refractivity contribution in [2.75, 3.05) is 0 Å². The van der Waals surface area contributed by atoms with E-state index < -0.39 is 16.9 Å². The Morgan fingerprint density at radius 3 is 1.65 bits per heavy atom. The van der Waals surface area contributed by atoms with Crippen LogP contribution < -0.4 is 0 Å². The molecule has 0 aliphatic heterocycles. The van der Waals surface area contributed by atoms with E-state index in [9.17, 15) is 0 Å². The lowest BCUT2D eigenvalue weighted by Crippen LogP contribution is -2.45. The average molecular weight is 303 g/mol. The summed E-state index contributed by atoms with van der Waals surface area (Å²) in [6.45, 7) is 4.68. The SMILES string of the molecule is C#C[Si](C#C[SiH](C)C)(C1CCCCC1)C1CCCCC1. The molecule has 0 N–H and O–H groups in total. The van der Waals surface area contributed by atoms with Gasteiger partial charge in [-0.25, -0.2) is 0 Å². The van der Waals surface area contributed by atoms with Crippen molar-refractivity contribution in [3.05, 3.63) is 0 Å². The van der Waals surface area contributed by atoms with Crippen LogP contribution >= 0.6 is 0 Å². The van der Waals surface area contributed by atoms with E-state index in [-0.39, 0.29) is 0 Å². The molecule has 0 saturated heterocycles. The molecule has 0 radical (unpaired) electrons. The summed E-state index contributed by atoms with van der Waals surface area (Å²) in [5.41, 5.74) is 12.5. The monoisotopic (exact) mass is 302 g/mol. The highest BCUT2D eigenvalue weighted by atomic mass is 28.3. The summed E-state index contributed by atoms with van der Waals surface area (Å²) in [7, 11) is -2.64. The Bertz CT molecular complexity index is 377. The molecule has 0 atom stereocenters. The Balaban J connectivity index is 2.29. The zero-order valence-corrected chi connectivity index (χ0v) is 15.5. The van der Waals surface area contributed by atoms with E-state index in [1.54, 1.807) is 0 Å². The fourth-order valence-corrected chi connectivity index (χ4v) is 10.6. The Kier molecular flexibility index (Phi) is 6.00. The lowest BCUT2D eigenvalue weighted by atomic mass is 9.99. The highest BCUT2D eigenvalue weighted by molar-refractivity contribution is 6.97. The molecule has 20 heavy (non-hydrogen) atoms. The minimum Gasteiger partial charge on any atom is -0.142 e. The van der Waals surface area contributed by atoms with E-state index >= 15 is 0 Å². The van der Waals surface area contributed by atoms with Crippen LogP contribution in [0.3, 0.4) is 0 Å². The van der Waals surface area contributed by atoms with Crippen LogP contribution in [0.4, 0.5) is 0 Å². The van der Waals surface area contributed by atoms with Gasteiger partial charge in [0.25, 0.3) is 0 Å². The molecule has 0 unspecified atom stereocenters. The average Bonchev–Trinajstić information content (AvgIpc) is 2.50. The van der Waals surface area contributed by atoms with Crippen LogP contribution in [0.25, 0.3) is 0 Å². The fourth-order valence-electron chi connectivity index (χ4n) is 4.19. The normalized spacial score (nSPS) is 22.1. The van der Waals surface area contributed by atoms with Gasteiger partial charge >= 0.3 is 0 Å². The van der Waals surface area contributed by atoms with Gasteiger partial charge in [0.1, 0.15) is 8.80 Å². The predicted octanol–water partition coefficient (Wildman–Crippen LogP) is 4.84. The molecule has 2 aliphatic carbocycles. The second kappa shape index (κ2) is 7.53. The van der Waals surface area contributed by atoms with Gasteiger partial charge in [0, 0.05) is 0 Å². The van der Waals surface area contributed by atoms with Gasteiger partial charge in [0.2, 0.25) is 8.07 Å². The maximum absolute atomic E-state index is 6.18. The summed E-state index contributed by atoms with van der Waals surface area (Å²) in [6.07, 6.45) is 20.1. The van der Waals surface area contributed by atoms with Crippen molar-refractivity contribution < 1.29 is 0 Å². The highest BCUT2D eigenvalue weighted by Gasteiger charge is 2.46. The molecule has 2 rings (SSSR count). The number of hydrogen-bond donors (Lipinski definition) is 0. The molecule has 0 heterocycles. The number of hydrogen-bond acceptors (Lipinski definition) is 0. The molecule has 0 bridgehead atoms. The summed E-state index contributed by atoms with van der Waals surface area (Å²) in [5, 5.41) is 0. The van der Waals surface area contributed by atoms with E-state index in [4.69, 9.17) is 6.42 Å². The Labute approximate surface area is 128 Å². The van der Waals surface area contributed by atoms with Gasteiger partial charge < -0.3 is 0 Å². The topological polar surface area (TPSA) is 0 Å². The molecule has 0 aromatic heterocycles. The Hall–Kier alpha value is -0.446. The van der Waals surface area contributed by atoms with Crippen molar-refractivity contribution in [1.29, 1.82) is 0 Å². The predicted molar refractivity (Wildman–Crippen MR) is 94.9 cm³/mol. The van der Waals surface area contributed by atoms with Gasteiger partial charge in [-0.1, -0.05) is 77.3 Å². The standard InChI is InChI=1S/C18H30Si2/c1-4-20(16-15-19(2)3,17-11-7-5-8-12-17)18-13-9-6-10-14-18/h1,17-19H,5-14H2,2-3H3. The minimum absolute atomic E-state index is 0.810. The van der Waals surface area contributed by atoms with E-state index in [0.717, 1.165) is 11.1 Å². The maximum Gasteiger partial charge on any atom is 0.221 e. The largest absolute Gasteiger partial charge is 0.221 e. The molecule has 0 aromatic carbocycles. The second-order valence-electron chi connectivity index (χ2n) is 7.11. The number of rotatable bonds is 2. The third-order valence-electron chi connectivity index (χ3n) is 5.30. The first-order valence-corrected chi connectivity index (χ1v) is 13.7. The van der Waals surface area contributed by atoms with Gasteiger partial charge in [-0.05, 0) is 11.1 Å². The molecule has 0 aromatic rings. The summed E-state index contributed by atoms with van der Waals surface area (Å²) in [4.78, 5) is 0. The lowest BCUT2D eigenvalue weighted by Gasteiger charge is -2.40. The van der Waals surface area contributed by atoms with Crippen LogP contribution in [0, 0.1) is 23.1 Å². The summed E-state index contributed by atoms with van der Waals surface area (Å²) < 4.78 is 0. The van der Waals surface area contributed by atoms with Gasteiger partial charge in [0.05, 0.1) is 0 Å². The first-order chi connectivity index (χ1) is 9.69. The Morgan fingerprint density at radius 2 is 1.30 bits per heavy atom. The van der Waals surface area contributed by atoms with Crippen molar-refractivity contribution in [3.63, 3.8) is 0 Å². The first kappa shape index (κ1) is 15.9. The van der Waals surface area contributed by atoms with Crippen LogP contribution in [-0.4, -0.2) is 16.9 Å². The van der Waals surface area contributed by atoms with Crippen LogP contribution in [-0.2, 0) is 0 Å². The third kappa shape index (κ3) is 3.60. The van der Waals surface area contributed by atoms with Crippen LogP contribution in [0.15, 0.2) is 0 Å². The molecule has 110 valence electrons. The minimum atomic E-state index is -1.83. The van der Waals surface area contributed by atoms with E-state index in [2.05, 4.69) is 29.7 Å². The van der Waals surface area contributed by atoms with Crippen molar-refractivity contribution in [2.45, 2.75) is 88.4 Å². The highest BCUT2D eigenvalue weighted by Crippen LogP contribution is 2.47. The van der Waals surface area contributed by atoms with Crippen LogP contribution in [0.2, 0.25) is 24.2 Å². The van der Waals surface area contributed by atoms with E-state index in [0.29, 0.717) is 0 Å². The summed E-state index contributed by atoms with van der Waals surface area (Å²) in [6, 6.07) is 0. The van der Waals surface area contributed by atoms with Crippen molar-refractivity contribution in [1.82, 2.24) is 0 Å². The van der Waals surface area contributed by atoms with Crippen molar-refractivity contribution in [2.24, 2.45) is 0 Å². The van der Waals surface area contributed by atoms with Crippen LogP contribution in [0.5, 0.6) is 0 Å². The number of terminal acetylenes is 1. The van der Waals surface area contributed by atoms with Crippen molar-refractivity contribution >= 4 is 16.9 Å². The fraction of sp³-hybridized carbons (Fsp3) is 0.778. The van der Waals surface area contributed by atoms with Gasteiger partial charge in [-0.15, -0.1) is 23.1 Å². The molecule has 2 saturated carbocycles. The van der Waals surface area contributed by atoms with E-state index in [1.165, 1.54) is 64.2 Å². The van der Waals surface area contributed by atoms with E-state index in [1.807, 2.05) is 0 Å². The molecule has 2 fully saturated rings. The molecule has 0 amide bonds. The van der Waals surface area contributed by atoms with Crippen molar-refractivity contribution in [3.8, 4) is 23.1 Å². The zero-order valence-electron chi connectivity index (χ0n) is 13.4. The molecule has 0 nitrogen and oxygen atoms in total. The Morgan fingerprint density at radius 1 is 0.850 bits per heavy atom. The third-order valence-corrected chi connectivity index (χ3v) is 11.1. The quantitative estimate of drug-likeness (QED) is 0.505. The first-order valence-electron chi connectivity index (χ1n) is 8.69. The molecular formula is C18H30Si2. The second-order valence-corrected chi connectivity index (χ2v) is 13.6.